The number of alkyl carbamates (subject to hydrolysis) is 1. The maximum Gasteiger partial charge on any atom is 0.407 e. The van der Waals surface area contributed by atoms with Gasteiger partial charge in [0.05, 0.1) is 12.3 Å². The van der Waals surface area contributed by atoms with E-state index in [4.69, 9.17) is 9.15 Å². The summed E-state index contributed by atoms with van der Waals surface area (Å²) in [7, 11) is 0. The summed E-state index contributed by atoms with van der Waals surface area (Å²) in [6.07, 6.45) is 5.82. The standard InChI is InChI=1S/C18H30N2O3/c1-5-14(16-10-7-11-22-16)20-15-9-6-8-13(15)12-19-17(21)23-18(2,3)4/h7,10-11,13-15,20H,5-6,8-9,12H2,1-4H3,(H,19,21). The molecule has 1 aromatic rings. The van der Waals surface area contributed by atoms with Crippen LogP contribution in [0.4, 0.5) is 4.79 Å². The highest BCUT2D eigenvalue weighted by Crippen LogP contribution is 2.28. The molecule has 1 aliphatic rings. The van der Waals surface area contributed by atoms with Gasteiger partial charge >= 0.3 is 6.09 Å². The van der Waals surface area contributed by atoms with Gasteiger partial charge in [-0.05, 0) is 58.1 Å². The first kappa shape index (κ1) is 17.9. The van der Waals surface area contributed by atoms with Crippen LogP contribution < -0.4 is 10.6 Å². The van der Waals surface area contributed by atoms with E-state index in [-0.39, 0.29) is 12.1 Å². The maximum atomic E-state index is 11.8. The second-order valence-electron chi connectivity index (χ2n) is 7.32. The van der Waals surface area contributed by atoms with Crippen molar-refractivity contribution in [2.75, 3.05) is 6.54 Å². The molecule has 0 saturated heterocycles. The molecule has 0 bridgehead atoms. The molecule has 5 heteroatoms. The van der Waals surface area contributed by atoms with Crippen molar-refractivity contribution in [1.82, 2.24) is 10.6 Å². The lowest BCUT2D eigenvalue weighted by molar-refractivity contribution is 0.0517. The minimum absolute atomic E-state index is 0.233. The predicted octanol–water partition coefficient (Wildman–Crippen LogP) is 4.01. The molecule has 23 heavy (non-hydrogen) atoms. The molecule has 2 rings (SSSR count). The number of hydrogen-bond donors (Lipinski definition) is 2. The van der Waals surface area contributed by atoms with Crippen molar-refractivity contribution in [3.8, 4) is 0 Å². The molecule has 1 heterocycles. The minimum atomic E-state index is -0.454. The van der Waals surface area contributed by atoms with E-state index in [1.165, 1.54) is 6.42 Å². The molecule has 0 aliphatic heterocycles. The minimum Gasteiger partial charge on any atom is -0.468 e. The number of amides is 1. The van der Waals surface area contributed by atoms with Crippen molar-refractivity contribution < 1.29 is 13.9 Å². The summed E-state index contributed by atoms with van der Waals surface area (Å²) in [5, 5.41) is 6.62. The van der Waals surface area contributed by atoms with Crippen LogP contribution in [-0.2, 0) is 4.74 Å². The Kier molecular flexibility index (Phi) is 6.10. The largest absolute Gasteiger partial charge is 0.468 e. The molecular weight excluding hydrogens is 292 g/mol. The fourth-order valence-electron chi connectivity index (χ4n) is 3.18. The highest BCUT2D eigenvalue weighted by molar-refractivity contribution is 5.67. The number of nitrogens with one attached hydrogen (secondary N) is 2. The van der Waals surface area contributed by atoms with E-state index in [1.807, 2.05) is 32.9 Å². The molecule has 130 valence electrons. The second-order valence-corrected chi connectivity index (χ2v) is 7.32. The molecular formula is C18H30N2O3. The van der Waals surface area contributed by atoms with Crippen LogP contribution in [0.1, 0.15) is 65.2 Å². The molecule has 3 unspecified atom stereocenters. The lowest BCUT2D eigenvalue weighted by Gasteiger charge is -2.26. The second kappa shape index (κ2) is 7.86. The first-order valence-corrected chi connectivity index (χ1v) is 8.65. The van der Waals surface area contributed by atoms with Crippen molar-refractivity contribution in [3.05, 3.63) is 24.2 Å². The normalized spacial score (nSPS) is 22.8. The van der Waals surface area contributed by atoms with Crippen LogP contribution in [0.2, 0.25) is 0 Å². The molecule has 1 fully saturated rings. The topological polar surface area (TPSA) is 63.5 Å². The van der Waals surface area contributed by atoms with Gasteiger partial charge in [0, 0.05) is 12.6 Å². The van der Waals surface area contributed by atoms with Crippen molar-refractivity contribution in [3.63, 3.8) is 0 Å². The van der Waals surface area contributed by atoms with Crippen LogP contribution in [0.3, 0.4) is 0 Å². The zero-order chi connectivity index (χ0) is 16.9. The van der Waals surface area contributed by atoms with Gasteiger partial charge in [-0.25, -0.2) is 4.79 Å². The van der Waals surface area contributed by atoms with E-state index >= 15 is 0 Å². The molecule has 0 radical (unpaired) electrons. The average Bonchev–Trinajstić information content (AvgIpc) is 3.12. The molecule has 3 atom stereocenters. The Morgan fingerprint density at radius 1 is 1.43 bits per heavy atom. The molecule has 0 aromatic carbocycles. The summed E-state index contributed by atoms with van der Waals surface area (Å²) in [4.78, 5) is 11.8. The van der Waals surface area contributed by atoms with Gasteiger partial charge in [0.1, 0.15) is 11.4 Å². The predicted molar refractivity (Wildman–Crippen MR) is 90.2 cm³/mol. The Balaban J connectivity index is 1.84. The molecule has 1 aliphatic carbocycles. The van der Waals surface area contributed by atoms with Crippen LogP contribution in [0.15, 0.2) is 22.8 Å². The Morgan fingerprint density at radius 3 is 2.83 bits per heavy atom. The number of carbonyl (C=O) groups is 1. The first-order valence-electron chi connectivity index (χ1n) is 8.65. The van der Waals surface area contributed by atoms with E-state index in [1.54, 1.807) is 6.26 Å². The van der Waals surface area contributed by atoms with Gasteiger partial charge in [0.2, 0.25) is 0 Å². The van der Waals surface area contributed by atoms with Gasteiger partial charge in [-0.2, -0.15) is 0 Å². The Bertz CT molecular complexity index is 479. The molecule has 5 nitrogen and oxygen atoms in total. The number of rotatable bonds is 6. The molecule has 1 amide bonds. The Morgan fingerprint density at radius 2 is 2.22 bits per heavy atom. The van der Waals surface area contributed by atoms with E-state index in [0.29, 0.717) is 18.5 Å². The number of ether oxygens (including phenoxy) is 1. The van der Waals surface area contributed by atoms with Crippen LogP contribution in [0.5, 0.6) is 0 Å². The van der Waals surface area contributed by atoms with E-state index in [2.05, 4.69) is 17.6 Å². The Hall–Kier alpha value is -1.49. The fourth-order valence-corrected chi connectivity index (χ4v) is 3.18. The van der Waals surface area contributed by atoms with Gasteiger partial charge in [-0.3, -0.25) is 0 Å². The lowest BCUT2D eigenvalue weighted by atomic mass is 10.0. The third-order valence-electron chi connectivity index (χ3n) is 4.28. The van der Waals surface area contributed by atoms with Gasteiger partial charge in [-0.15, -0.1) is 0 Å². The third kappa shape index (κ3) is 5.57. The first-order chi connectivity index (χ1) is 10.9. The van der Waals surface area contributed by atoms with Crippen molar-refractivity contribution in [2.45, 2.75) is 71.1 Å². The summed E-state index contributed by atoms with van der Waals surface area (Å²) in [5.41, 5.74) is -0.454. The van der Waals surface area contributed by atoms with Gasteiger partial charge in [-0.1, -0.05) is 13.3 Å². The van der Waals surface area contributed by atoms with Crippen LogP contribution >= 0.6 is 0 Å². The number of furan rings is 1. The van der Waals surface area contributed by atoms with Crippen LogP contribution in [0.25, 0.3) is 0 Å². The number of hydrogen-bond acceptors (Lipinski definition) is 4. The van der Waals surface area contributed by atoms with Crippen LogP contribution in [-0.4, -0.2) is 24.3 Å². The summed E-state index contributed by atoms with van der Waals surface area (Å²) >= 11 is 0. The van der Waals surface area contributed by atoms with Crippen molar-refractivity contribution in [2.24, 2.45) is 5.92 Å². The zero-order valence-electron chi connectivity index (χ0n) is 14.7. The lowest BCUT2D eigenvalue weighted by Crippen LogP contribution is -2.42. The average molecular weight is 322 g/mol. The molecule has 1 saturated carbocycles. The summed E-state index contributed by atoms with van der Waals surface area (Å²) in [5.74, 6) is 1.42. The summed E-state index contributed by atoms with van der Waals surface area (Å²) in [6.45, 7) is 8.44. The van der Waals surface area contributed by atoms with Gasteiger partial charge in [0.15, 0.2) is 0 Å². The highest BCUT2D eigenvalue weighted by Gasteiger charge is 2.30. The van der Waals surface area contributed by atoms with E-state index in [0.717, 1.165) is 25.0 Å². The molecule has 1 aromatic heterocycles. The molecule has 0 spiro atoms. The van der Waals surface area contributed by atoms with Crippen molar-refractivity contribution in [1.29, 1.82) is 0 Å². The third-order valence-corrected chi connectivity index (χ3v) is 4.28. The van der Waals surface area contributed by atoms with E-state index < -0.39 is 5.60 Å². The van der Waals surface area contributed by atoms with E-state index in [9.17, 15) is 4.79 Å². The highest BCUT2D eigenvalue weighted by atomic mass is 16.6. The quantitative estimate of drug-likeness (QED) is 0.830. The van der Waals surface area contributed by atoms with Gasteiger partial charge < -0.3 is 19.8 Å². The van der Waals surface area contributed by atoms with Gasteiger partial charge in [0.25, 0.3) is 0 Å². The molecule has 2 N–H and O–H groups in total. The monoisotopic (exact) mass is 322 g/mol. The fraction of sp³-hybridized carbons (Fsp3) is 0.722. The van der Waals surface area contributed by atoms with Crippen LogP contribution in [0, 0.1) is 5.92 Å². The zero-order valence-corrected chi connectivity index (χ0v) is 14.7. The summed E-state index contributed by atoms with van der Waals surface area (Å²) < 4.78 is 10.8. The van der Waals surface area contributed by atoms with Crippen molar-refractivity contribution >= 4 is 6.09 Å². The smallest absolute Gasteiger partial charge is 0.407 e. The summed E-state index contributed by atoms with van der Waals surface area (Å²) in [6, 6.07) is 4.58. The Labute approximate surface area is 139 Å². The number of carbonyl (C=O) groups excluding carboxylic acids is 1. The maximum absolute atomic E-state index is 11.8. The SMILES string of the molecule is CCC(NC1CCCC1CNC(=O)OC(C)(C)C)c1ccco1.